The molecule has 0 aliphatic carbocycles. The van der Waals surface area contributed by atoms with Crippen LogP contribution in [0.2, 0.25) is 5.02 Å². The molecule has 1 aliphatic rings. The number of nitrogens with one attached hydrogen (secondary N) is 1. The Morgan fingerprint density at radius 2 is 2.23 bits per heavy atom. The maximum absolute atomic E-state index is 5.68. The molecular weight excluding hydrogens is 206 g/mol. The van der Waals surface area contributed by atoms with Crippen molar-refractivity contribution < 1.29 is 0 Å². The minimum atomic E-state index is 0.592. The Kier molecular flexibility index (Phi) is 3.03. The van der Waals surface area contributed by atoms with E-state index in [1.54, 1.807) is 24.2 Å². The fourth-order valence-electron chi connectivity index (χ4n) is 1.24. The van der Waals surface area contributed by atoms with Crippen LogP contribution in [0.25, 0.3) is 0 Å². The summed E-state index contributed by atoms with van der Waals surface area (Å²) in [5, 5.41) is 5.32. The molecule has 0 amide bonds. The van der Waals surface area contributed by atoms with Crippen molar-refractivity contribution in [3.05, 3.63) is 17.4 Å². The Balaban J connectivity index is 1.97. The largest absolute Gasteiger partial charge is 0.316 e. The molecule has 3 nitrogen and oxygen atoms in total. The van der Waals surface area contributed by atoms with Crippen molar-refractivity contribution in [3.63, 3.8) is 0 Å². The predicted molar refractivity (Wildman–Crippen MR) is 54.2 cm³/mol. The Hall–Kier alpha value is -0.320. The lowest BCUT2D eigenvalue weighted by Crippen LogP contribution is -2.10. The van der Waals surface area contributed by atoms with Crippen molar-refractivity contribution in [2.75, 3.05) is 13.1 Å². The van der Waals surface area contributed by atoms with Crippen molar-refractivity contribution in [1.29, 1.82) is 0 Å². The minimum Gasteiger partial charge on any atom is -0.316 e. The summed E-state index contributed by atoms with van der Waals surface area (Å²) < 4.78 is 0. The van der Waals surface area contributed by atoms with Gasteiger partial charge in [-0.05, 0) is 13.0 Å². The summed E-state index contributed by atoms with van der Waals surface area (Å²) >= 11 is 7.40. The van der Waals surface area contributed by atoms with Gasteiger partial charge in [0.1, 0.15) is 0 Å². The molecule has 1 aliphatic heterocycles. The average Bonchev–Trinajstić information content (AvgIpc) is 2.62. The molecule has 0 unspecified atom stereocenters. The van der Waals surface area contributed by atoms with Gasteiger partial charge in [-0.2, -0.15) is 0 Å². The lowest BCUT2D eigenvalue weighted by Gasteiger charge is -2.04. The standard InChI is InChI=1S/C8H10ClN3S/c9-6-3-11-8(12-4-6)13-7-1-2-10-5-7/h3-4,7,10H,1-2,5H2/t7-/m1/s1. The van der Waals surface area contributed by atoms with Crippen LogP contribution in [0.5, 0.6) is 0 Å². The van der Waals surface area contributed by atoms with E-state index >= 15 is 0 Å². The third kappa shape index (κ3) is 2.56. The molecule has 2 heterocycles. The van der Waals surface area contributed by atoms with Gasteiger partial charge in [0.2, 0.25) is 0 Å². The topological polar surface area (TPSA) is 37.8 Å². The number of nitrogens with zero attached hydrogens (tertiary/aromatic N) is 2. The van der Waals surface area contributed by atoms with E-state index in [-0.39, 0.29) is 0 Å². The monoisotopic (exact) mass is 215 g/mol. The zero-order valence-corrected chi connectivity index (χ0v) is 8.61. The van der Waals surface area contributed by atoms with Gasteiger partial charge in [0.05, 0.1) is 17.4 Å². The van der Waals surface area contributed by atoms with Crippen LogP contribution in [0, 0.1) is 0 Å². The molecule has 0 spiro atoms. The van der Waals surface area contributed by atoms with Gasteiger partial charge in [0.15, 0.2) is 5.16 Å². The van der Waals surface area contributed by atoms with Gasteiger partial charge in [-0.3, -0.25) is 0 Å². The Bertz CT molecular complexity index is 271. The van der Waals surface area contributed by atoms with Crippen LogP contribution in [0.3, 0.4) is 0 Å². The summed E-state index contributed by atoms with van der Waals surface area (Å²) in [5.74, 6) is 0. The minimum absolute atomic E-state index is 0.592. The molecule has 5 heteroatoms. The third-order valence-corrected chi connectivity index (χ3v) is 3.24. The highest BCUT2D eigenvalue weighted by Crippen LogP contribution is 2.23. The number of halogens is 1. The summed E-state index contributed by atoms with van der Waals surface area (Å²) in [6, 6.07) is 0. The Labute approximate surface area is 86.3 Å². The molecule has 0 saturated carbocycles. The molecule has 13 heavy (non-hydrogen) atoms. The van der Waals surface area contributed by atoms with Gasteiger partial charge >= 0.3 is 0 Å². The van der Waals surface area contributed by atoms with Crippen LogP contribution in [0.1, 0.15) is 6.42 Å². The molecule has 0 aromatic carbocycles. The molecule has 1 saturated heterocycles. The van der Waals surface area contributed by atoms with E-state index in [1.807, 2.05) is 0 Å². The Morgan fingerprint density at radius 1 is 1.46 bits per heavy atom. The molecule has 1 fully saturated rings. The number of hydrogen-bond acceptors (Lipinski definition) is 4. The van der Waals surface area contributed by atoms with Crippen LogP contribution in [0.15, 0.2) is 17.6 Å². The van der Waals surface area contributed by atoms with Gasteiger partial charge in [0.25, 0.3) is 0 Å². The van der Waals surface area contributed by atoms with Crippen molar-refractivity contribution in [3.8, 4) is 0 Å². The highest BCUT2D eigenvalue weighted by atomic mass is 35.5. The fraction of sp³-hybridized carbons (Fsp3) is 0.500. The van der Waals surface area contributed by atoms with Gasteiger partial charge in [-0.15, -0.1) is 0 Å². The van der Waals surface area contributed by atoms with E-state index in [4.69, 9.17) is 11.6 Å². The first-order valence-corrected chi connectivity index (χ1v) is 5.45. The van der Waals surface area contributed by atoms with Crippen LogP contribution in [-0.4, -0.2) is 28.3 Å². The molecule has 0 bridgehead atoms. The van der Waals surface area contributed by atoms with E-state index in [0.717, 1.165) is 18.2 Å². The van der Waals surface area contributed by atoms with E-state index in [1.165, 1.54) is 6.42 Å². The number of rotatable bonds is 2. The summed E-state index contributed by atoms with van der Waals surface area (Å²) in [6.45, 7) is 2.15. The maximum Gasteiger partial charge on any atom is 0.187 e. The lowest BCUT2D eigenvalue weighted by molar-refractivity contribution is 0.857. The first kappa shape index (κ1) is 9.24. The van der Waals surface area contributed by atoms with Crippen molar-refractivity contribution in [1.82, 2.24) is 15.3 Å². The van der Waals surface area contributed by atoms with E-state index < -0.39 is 0 Å². The quantitative estimate of drug-likeness (QED) is 0.761. The van der Waals surface area contributed by atoms with Gasteiger partial charge in [-0.25, -0.2) is 9.97 Å². The summed E-state index contributed by atoms with van der Waals surface area (Å²) in [6.07, 6.45) is 4.47. The van der Waals surface area contributed by atoms with Crippen molar-refractivity contribution in [2.45, 2.75) is 16.8 Å². The zero-order chi connectivity index (χ0) is 9.10. The van der Waals surface area contributed by atoms with E-state index in [2.05, 4.69) is 15.3 Å². The number of thioether (sulfide) groups is 1. The fourth-order valence-corrected chi connectivity index (χ4v) is 2.30. The van der Waals surface area contributed by atoms with Gasteiger partial charge in [-0.1, -0.05) is 23.4 Å². The maximum atomic E-state index is 5.68. The van der Waals surface area contributed by atoms with Crippen molar-refractivity contribution in [2.24, 2.45) is 0 Å². The summed E-state index contributed by atoms with van der Waals surface area (Å²) in [7, 11) is 0. The molecule has 1 aromatic rings. The van der Waals surface area contributed by atoms with E-state index in [0.29, 0.717) is 10.3 Å². The number of hydrogen-bond donors (Lipinski definition) is 1. The lowest BCUT2D eigenvalue weighted by atomic mass is 10.4. The van der Waals surface area contributed by atoms with Gasteiger partial charge in [0, 0.05) is 11.8 Å². The third-order valence-electron chi connectivity index (χ3n) is 1.88. The molecule has 70 valence electrons. The number of aromatic nitrogens is 2. The highest BCUT2D eigenvalue weighted by molar-refractivity contribution is 7.99. The molecular formula is C8H10ClN3S. The van der Waals surface area contributed by atoms with Crippen molar-refractivity contribution >= 4 is 23.4 Å². The SMILES string of the molecule is Clc1cnc(S[C@@H]2CCNC2)nc1. The summed E-state index contributed by atoms with van der Waals surface area (Å²) in [5.41, 5.74) is 0. The normalized spacial score (nSPS) is 22.1. The molecule has 0 radical (unpaired) electrons. The average molecular weight is 216 g/mol. The second-order valence-corrected chi connectivity index (χ2v) is 4.62. The highest BCUT2D eigenvalue weighted by Gasteiger charge is 2.16. The van der Waals surface area contributed by atoms with Crippen LogP contribution in [-0.2, 0) is 0 Å². The van der Waals surface area contributed by atoms with Gasteiger partial charge < -0.3 is 5.32 Å². The molecule has 1 atom stereocenters. The molecule has 1 aromatic heterocycles. The smallest absolute Gasteiger partial charge is 0.187 e. The first-order chi connectivity index (χ1) is 6.34. The Morgan fingerprint density at radius 3 is 2.85 bits per heavy atom. The first-order valence-electron chi connectivity index (χ1n) is 4.19. The second-order valence-electron chi connectivity index (χ2n) is 2.92. The predicted octanol–water partition coefficient (Wildman–Crippen LogP) is 1.58. The molecule has 1 N–H and O–H groups in total. The van der Waals surface area contributed by atoms with Crippen LogP contribution < -0.4 is 5.32 Å². The second kappa shape index (κ2) is 4.26. The molecule has 2 rings (SSSR count). The van der Waals surface area contributed by atoms with Crippen LogP contribution >= 0.6 is 23.4 Å². The summed E-state index contributed by atoms with van der Waals surface area (Å²) in [4.78, 5) is 8.27. The van der Waals surface area contributed by atoms with Crippen LogP contribution in [0.4, 0.5) is 0 Å². The van der Waals surface area contributed by atoms with E-state index in [9.17, 15) is 0 Å². The zero-order valence-electron chi connectivity index (χ0n) is 7.03.